The maximum Gasteiger partial charge on any atom is 0.188 e. The Morgan fingerprint density at radius 2 is 2.21 bits per heavy atom. The molecule has 1 rings (SSSR count). The second-order valence-corrected chi connectivity index (χ2v) is 3.67. The molecule has 2 nitrogen and oxygen atoms in total. The van der Waals surface area contributed by atoms with Gasteiger partial charge in [0.1, 0.15) is 5.75 Å². The Kier molecular flexibility index (Phi) is 4.51. The van der Waals surface area contributed by atoms with Crippen LogP contribution in [0.3, 0.4) is 0 Å². The van der Waals surface area contributed by atoms with Crippen molar-refractivity contribution in [3.05, 3.63) is 23.0 Å². The van der Waals surface area contributed by atoms with Crippen molar-refractivity contribution < 1.29 is 13.9 Å². The van der Waals surface area contributed by atoms with Crippen molar-refractivity contribution in [1.29, 1.82) is 0 Å². The SMILES string of the molecule is COCOc1ccc(Cl)c(F)c1SC. The molecule has 0 aliphatic rings. The minimum atomic E-state index is -0.451. The summed E-state index contributed by atoms with van der Waals surface area (Å²) in [6, 6.07) is 3.08. The third-order valence-electron chi connectivity index (χ3n) is 1.55. The molecule has 0 unspecified atom stereocenters. The number of ether oxygens (including phenoxy) is 2. The number of thioether (sulfide) groups is 1. The van der Waals surface area contributed by atoms with Gasteiger partial charge in [0.15, 0.2) is 12.6 Å². The molecule has 5 heteroatoms. The lowest BCUT2D eigenvalue weighted by Gasteiger charge is -2.10. The van der Waals surface area contributed by atoms with Gasteiger partial charge in [0.05, 0.1) is 9.92 Å². The van der Waals surface area contributed by atoms with Gasteiger partial charge < -0.3 is 9.47 Å². The van der Waals surface area contributed by atoms with Crippen molar-refractivity contribution in [2.45, 2.75) is 4.90 Å². The summed E-state index contributed by atoms with van der Waals surface area (Å²) in [6.45, 7) is 0.0919. The Morgan fingerprint density at radius 3 is 2.79 bits per heavy atom. The molecule has 0 amide bonds. The molecule has 0 N–H and O–H groups in total. The summed E-state index contributed by atoms with van der Waals surface area (Å²) in [5.41, 5.74) is 0. The zero-order chi connectivity index (χ0) is 10.6. The Balaban J connectivity index is 2.98. The van der Waals surface area contributed by atoms with Crippen LogP contribution in [-0.4, -0.2) is 20.2 Å². The van der Waals surface area contributed by atoms with E-state index in [-0.39, 0.29) is 11.8 Å². The van der Waals surface area contributed by atoms with Gasteiger partial charge in [0.25, 0.3) is 0 Å². The normalized spacial score (nSPS) is 10.3. The summed E-state index contributed by atoms with van der Waals surface area (Å²) >= 11 is 6.87. The van der Waals surface area contributed by atoms with E-state index in [2.05, 4.69) is 0 Å². The van der Waals surface area contributed by atoms with Gasteiger partial charge in [-0.05, 0) is 18.4 Å². The largest absolute Gasteiger partial charge is 0.466 e. The van der Waals surface area contributed by atoms with Crippen LogP contribution in [0.25, 0.3) is 0 Å². The number of methoxy groups -OCH3 is 1. The molecule has 0 aromatic heterocycles. The van der Waals surface area contributed by atoms with Crippen LogP contribution in [0.1, 0.15) is 0 Å². The molecule has 0 saturated heterocycles. The number of halogens is 2. The summed E-state index contributed by atoms with van der Waals surface area (Å²) in [7, 11) is 1.50. The third-order valence-corrected chi connectivity index (χ3v) is 2.63. The topological polar surface area (TPSA) is 18.5 Å². The van der Waals surface area contributed by atoms with E-state index in [1.807, 2.05) is 0 Å². The highest BCUT2D eigenvalue weighted by molar-refractivity contribution is 7.98. The minimum absolute atomic E-state index is 0.0919. The zero-order valence-corrected chi connectivity index (χ0v) is 9.41. The lowest BCUT2D eigenvalue weighted by molar-refractivity contribution is 0.0487. The average molecular weight is 237 g/mol. The van der Waals surface area contributed by atoms with E-state index in [1.165, 1.54) is 24.9 Å². The van der Waals surface area contributed by atoms with Crippen molar-refractivity contribution in [2.24, 2.45) is 0 Å². The fourth-order valence-corrected chi connectivity index (χ4v) is 1.77. The molecule has 0 aliphatic carbocycles. The van der Waals surface area contributed by atoms with Crippen molar-refractivity contribution in [3.63, 3.8) is 0 Å². The molecule has 0 atom stereocenters. The molecule has 0 spiro atoms. The van der Waals surface area contributed by atoms with E-state index in [0.717, 1.165) is 0 Å². The van der Waals surface area contributed by atoms with Crippen LogP contribution < -0.4 is 4.74 Å². The number of hydrogen-bond donors (Lipinski definition) is 0. The molecular formula is C9H10ClFO2S. The van der Waals surface area contributed by atoms with Crippen LogP contribution in [0.15, 0.2) is 17.0 Å². The highest BCUT2D eigenvalue weighted by Crippen LogP contribution is 2.34. The van der Waals surface area contributed by atoms with Crippen LogP contribution in [-0.2, 0) is 4.74 Å². The molecule has 78 valence electrons. The van der Waals surface area contributed by atoms with Crippen molar-refractivity contribution in [3.8, 4) is 5.75 Å². The van der Waals surface area contributed by atoms with E-state index in [0.29, 0.717) is 10.6 Å². The number of benzene rings is 1. The first-order chi connectivity index (χ1) is 6.70. The second-order valence-electron chi connectivity index (χ2n) is 2.44. The summed E-state index contributed by atoms with van der Waals surface area (Å²) in [4.78, 5) is 0.398. The lowest BCUT2D eigenvalue weighted by atomic mass is 10.3. The maximum absolute atomic E-state index is 13.4. The molecular weight excluding hydrogens is 227 g/mol. The van der Waals surface area contributed by atoms with Gasteiger partial charge in [-0.1, -0.05) is 11.6 Å². The predicted molar refractivity (Wildman–Crippen MR) is 55.7 cm³/mol. The summed E-state index contributed by atoms with van der Waals surface area (Å²) in [6.07, 6.45) is 1.76. The smallest absolute Gasteiger partial charge is 0.188 e. The third kappa shape index (κ3) is 2.53. The van der Waals surface area contributed by atoms with Gasteiger partial charge in [-0.25, -0.2) is 4.39 Å². The predicted octanol–water partition coefficient (Wildman–Crippen LogP) is 3.18. The molecule has 0 bridgehead atoms. The highest BCUT2D eigenvalue weighted by atomic mass is 35.5. The molecule has 0 fully saturated rings. The number of rotatable bonds is 4. The van der Waals surface area contributed by atoms with Gasteiger partial charge in [0, 0.05) is 7.11 Å². The van der Waals surface area contributed by atoms with Crippen molar-refractivity contribution in [2.75, 3.05) is 20.2 Å². The Bertz CT molecular complexity index is 320. The molecule has 0 radical (unpaired) electrons. The molecule has 14 heavy (non-hydrogen) atoms. The Morgan fingerprint density at radius 1 is 1.50 bits per heavy atom. The van der Waals surface area contributed by atoms with Gasteiger partial charge in [-0.3, -0.25) is 0 Å². The quantitative estimate of drug-likeness (QED) is 0.591. The van der Waals surface area contributed by atoms with Crippen LogP contribution in [0, 0.1) is 5.82 Å². The summed E-state index contributed by atoms with van der Waals surface area (Å²) < 4.78 is 23.3. The van der Waals surface area contributed by atoms with Gasteiger partial charge >= 0.3 is 0 Å². The minimum Gasteiger partial charge on any atom is -0.466 e. The van der Waals surface area contributed by atoms with Gasteiger partial charge in [0.2, 0.25) is 0 Å². The van der Waals surface area contributed by atoms with Crippen molar-refractivity contribution in [1.82, 2.24) is 0 Å². The first-order valence-electron chi connectivity index (χ1n) is 3.84. The fraction of sp³-hybridized carbons (Fsp3) is 0.333. The molecule has 1 aromatic rings. The van der Waals surface area contributed by atoms with E-state index in [9.17, 15) is 4.39 Å². The summed E-state index contributed by atoms with van der Waals surface area (Å²) in [5.74, 6) is -0.00554. The lowest BCUT2D eigenvalue weighted by Crippen LogP contribution is -2.01. The van der Waals surface area contributed by atoms with Crippen LogP contribution in [0.4, 0.5) is 4.39 Å². The Hall–Kier alpha value is -0.450. The average Bonchev–Trinajstić information content (AvgIpc) is 2.20. The van der Waals surface area contributed by atoms with Gasteiger partial charge in [-0.15, -0.1) is 11.8 Å². The van der Waals surface area contributed by atoms with Crippen LogP contribution >= 0.6 is 23.4 Å². The molecule has 0 saturated carbocycles. The van der Waals surface area contributed by atoms with Crippen LogP contribution in [0.5, 0.6) is 5.75 Å². The van der Waals surface area contributed by atoms with E-state index in [1.54, 1.807) is 12.3 Å². The molecule has 0 aliphatic heterocycles. The Labute approximate surface area is 91.3 Å². The highest BCUT2D eigenvalue weighted by Gasteiger charge is 2.12. The van der Waals surface area contributed by atoms with Crippen molar-refractivity contribution >= 4 is 23.4 Å². The number of hydrogen-bond acceptors (Lipinski definition) is 3. The van der Waals surface area contributed by atoms with E-state index < -0.39 is 5.82 Å². The fourth-order valence-electron chi connectivity index (χ4n) is 0.941. The van der Waals surface area contributed by atoms with E-state index in [4.69, 9.17) is 21.1 Å². The standard InChI is InChI=1S/C9H10ClFO2S/c1-12-5-13-7-4-3-6(10)8(11)9(7)14-2/h3-4H,5H2,1-2H3. The zero-order valence-electron chi connectivity index (χ0n) is 7.84. The summed E-state index contributed by atoms with van der Waals surface area (Å²) in [5, 5.41) is 0.0964. The second kappa shape index (κ2) is 5.44. The monoisotopic (exact) mass is 236 g/mol. The molecule has 1 aromatic carbocycles. The van der Waals surface area contributed by atoms with Crippen LogP contribution in [0.2, 0.25) is 5.02 Å². The molecule has 0 heterocycles. The first-order valence-corrected chi connectivity index (χ1v) is 5.44. The maximum atomic E-state index is 13.4. The first kappa shape index (κ1) is 11.6. The van der Waals surface area contributed by atoms with E-state index >= 15 is 0 Å². The van der Waals surface area contributed by atoms with Gasteiger partial charge in [-0.2, -0.15) is 0 Å².